The quantitative estimate of drug-likeness (QED) is 0.614. The molecule has 2 rings (SSSR count). The SMILES string of the molecule is O=C1C[C@H](C(=O)[O-])[C@@H](C2CCCCC2)O1. The molecule has 1 heterocycles. The normalized spacial score (nSPS) is 32.7. The molecular weight excluding hydrogens is 196 g/mol. The minimum atomic E-state index is -1.14. The number of carboxylic acid groups (broad SMARTS) is 1. The highest BCUT2D eigenvalue weighted by Crippen LogP contribution is 2.35. The van der Waals surface area contributed by atoms with Crippen LogP contribution < -0.4 is 5.11 Å². The molecule has 1 saturated heterocycles. The second kappa shape index (κ2) is 4.21. The van der Waals surface area contributed by atoms with Crippen LogP contribution in [0.5, 0.6) is 0 Å². The maximum atomic E-state index is 11.1. The number of ether oxygens (including phenoxy) is 1. The molecule has 2 fully saturated rings. The maximum absolute atomic E-state index is 11.1. The Balaban J connectivity index is 2.05. The third-order valence-electron chi connectivity index (χ3n) is 3.47. The Morgan fingerprint density at radius 3 is 2.53 bits per heavy atom. The highest BCUT2D eigenvalue weighted by molar-refractivity contribution is 5.81. The molecule has 4 nitrogen and oxygen atoms in total. The molecule has 15 heavy (non-hydrogen) atoms. The minimum Gasteiger partial charge on any atom is -0.550 e. The fourth-order valence-electron chi connectivity index (χ4n) is 2.68. The zero-order chi connectivity index (χ0) is 10.8. The Bertz CT molecular complexity index is 268. The van der Waals surface area contributed by atoms with Gasteiger partial charge in [0.1, 0.15) is 6.10 Å². The molecule has 84 valence electrons. The van der Waals surface area contributed by atoms with Crippen molar-refractivity contribution in [1.29, 1.82) is 0 Å². The van der Waals surface area contributed by atoms with Gasteiger partial charge in [0, 0.05) is 11.9 Å². The van der Waals surface area contributed by atoms with E-state index in [2.05, 4.69) is 0 Å². The summed E-state index contributed by atoms with van der Waals surface area (Å²) in [7, 11) is 0. The molecule has 1 aliphatic heterocycles. The van der Waals surface area contributed by atoms with Gasteiger partial charge < -0.3 is 14.6 Å². The van der Waals surface area contributed by atoms with Crippen LogP contribution in [0.15, 0.2) is 0 Å². The number of rotatable bonds is 2. The van der Waals surface area contributed by atoms with Crippen molar-refractivity contribution in [3.63, 3.8) is 0 Å². The summed E-state index contributed by atoms with van der Waals surface area (Å²) >= 11 is 0. The first kappa shape index (κ1) is 10.5. The molecule has 1 saturated carbocycles. The van der Waals surface area contributed by atoms with Crippen LogP contribution in [0, 0.1) is 11.8 Å². The Hall–Kier alpha value is -1.06. The fraction of sp³-hybridized carbons (Fsp3) is 0.818. The predicted molar refractivity (Wildman–Crippen MR) is 49.6 cm³/mol. The number of carboxylic acids is 1. The van der Waals surface area contributed by atoms with Gasteiger partial charge in [-0.1, -0.05) is 19.3 Å². The van der Waals surface area contributed by atoms with Gasteiger partial charge in [0.05, 0.1) is 6.42 Å². The van der Waals surface area contributed by atoms with Gasteiger partial charge >= 0.3 is 5.97 Å². The van der Waals surface area contributed by atoms with E-state index in [1.807, 2.05) is 0 Å². The van der Waals surface area contributed by atoms with Crippen molar-refractivity contribution in [2.45, 2.75) is 44.6 Å². The average Bonchev–Trinajstić information content (AvgIpc) is 2.62. The monoisotopic (exact) mass is 211 g/mol. The first-order chi connectivity index (χ1) is 7.18. The lowest BCUT2D eigenvalue weighted by atomic mass is 9.80. The number of carbonyl (C=O) groups is 2. The highest BCUT2D eigenvalue weighted by atomic mass is 16.6. The van der Waals surface area contributed by atoms with Crippen molar-refractivity contribution in [3.8, 4) is 0 Å². The average molecular weight is 211 g/mol. The number of hydrogen-bond acceptors (Lipinski definition) is 4. The Labute approximate surface area is 88.6 Å². The third kappa shape index (κ3) is 2.13. The van der Waals surface area contributed by atoms with Gasteiger partial charge in [-0.15, -0.1) is 0 Å². The molecule has 0 radical (unpaired) electrons. The second-order valence-electron chi connectivity index (χ2n) is 4.48. The van der Waals surface area contributed by atoms with E-state index in [4.69, 9.17) is 4.74 Å². The van der Waals surface area contributed by atoms with E-state index < -0.39 is 18.0 Å². The van der Waals surface area contributed by atoms with E-state index in [9.17, 15) is 14.7 Å². The molecule has 4 heteroatoms. The molecule has 0 bridgehead atoms. The molecule has 0 unspecified atom stereocenters. The van der Waals surface area contributed by atoms with E-state index in [0.717, 1.165) is 25.7 Å². The lowest BCUT2D eigenvalue weighted by Crippen LogP contribution is -2.40. The van der Waals surface area contributed by atoms with Crippen molar-refractivity contribution in [1.82, 2.24) is 0 Å². The van der Waals surface area contributed by atoms with Crippen LogP contribution in [-0.2, 0) is 14.3 Å². The first-order valence-corrected chi connectivity index (χ1v) is 5.59. The lowest BCUT2D eigenvalue weighted by Gasteiger charge is -2.30. The first-order valence-electron chi connectivity index (χ1n) is 5.59. The number of aliphatic carboxylic acids is 1. The Morgan fingerprint density at radius 2 is 1.93 bits per heavy atom. The van der Waals surface area contributed by atoms with Crippen molar-refractivity contribution in [2.75, 3.05) is 0 Å². The number of cyclic esters (lactones) is 1. The summed E-state index contributed by atoms with van der Waals surface area (Å²) in [6.45, 7) is 0. The van der Waals surface area contributed by atoms with E-state index in [-0.39, 0.29) is 18.3 Å². The van der Waals surface area contributed by atoms with Crippen molar-refractivity contribution >= 4 is 11.9 Å². The van der Waals surface area contributed by atoms with Gasteiger partial charge in [0.2, 0.25) is 0 Å². The lowest BCUT2D eigenvalue weighted by molar-refractivity contribution is -0.313. The van der Waals surface area contributed by atoms with Crippen LogP contribution in [-0.4, -0.2) is 18.0 Å². The van der Waals surface area contributed by atoms with E-state index in [1.165, 1.54) is 6.42 Å². The van der Waals surface area contributed by atoms with Crippen LogP contribution >= 0.6 is 0 Å². The molecule has 1 aliphatic carbocycles. The summed E-state index contributed by atoms with van der Waals surface area (Å²) in [6, 6.07) is 0. The minimum absolute atomic E-state index is 0.0104. The summed E-state index contributed by atoms with van der Waals surface area (Å²) in [5.41, 5.74) is 0. The van der Waals surface area contributed by atoms with E-state index >= 15 is 0 Å². The molecule has 0 aromatic carbocycles. The van der Waals surface area contributed by atoms with Crippen molar-refractivity contribution in [3.05, 3.63) is 0 Å². The van der Waals surface area contributed by atoms with E-state index in [1.54, 1.807) is 0 Å². The maximum Gasteiger partial charge on any atom is 0.306 e. The molecule has 0 amide bonds. The molecule has 2 atom stereocenters. The smallest absolute Gasteiger partial charge is 0.306 e. The molecule has 0 spiro atoms. The summed E-state index contributed by atoms with van der Waals surface area (Å²) < 4.78 is 5.11. The zero-order valence-corrected chi connectivity index (χ0v) is 8.61. The number of esters is 1. The topological polar surface area (TPSA) is 66.4 Å². The molecule has 0 N–H and O–H groups in total. The van der Waals surface area contributed by atoms with Gasteiger partial charge in [-0.2, -0.15) is 0 Å². The van der Waals surface area contributed by atoms with Gasteiger partial charge in [0.25, 0.3) is 0 Å². The van der Waals surface area contributed by atoms with Gasteiger partial charge in [-0.05, 0) is 18.8 Å². The zero-order valence-electron chi connectivity index (χ0n) is 8.61. The Morgan fingerprint density at radius 1 is 1.27 bits per heavy atom. The fourth-order valence-corrected chi connectivity index (χ4v) is 2.68. The molecule has 2 aliphatic rings. The highest BCUT2D eigenvalue weighted by Gasteiger charge is 2.40. The molecular formula is C11H15O4-. The van der Waals surface area contributed by atoms with E-state index in [0.29, 0.717) is 0 Å². The van der Waals surface area contributed by atoms with Crippen LogP contribution in [0.2, 0.25) is 0 Å². The standard InChI is InChI=1S/C11H16O4/c12-9-6-8(11(13)14)10(15-9)7-4-2-1-3-5-7/h7-8,10H,1-6H2,(H,13,14)/p-1/t8-,10+/m0/s1. The Kier molecular flexibility index (Phi) is 2.93. The summed E-state index contributed by atoms with van der Waals surface area (Å²) in [5.74, 6) is -2.02. The summed E-state index contributed by atoms with van der Waals surface area (Å²) in [4.78, 5) is 22.0. The van der Waals surface area contributed by atoms with Crippen LogP contribution in [0.25, 0.3) is 0 Å². The van der Waals surface area contributed by atoms with Crippen LogP contribution in [0.4, 0.5) is 0 Å². The third-order valence-corrected chi connectivity index (χ3v) is 3.47. The molecule has 0 aromatic heterocycles. The second-order valence-corrected chi connectivity index (χ2v) is 4.48. The summed E-state index contributed by atoms with van der Waals surface area (Å²) in [5, 5.41) is 10.9. The summed E-state index contributed by atoms with van der Waals surface area (Å²) in [6.07, 6.45) is 4.93. The van der Waals surface area contributed by atoms with Gasteiger partial charge in [-0.25, -0.2) is 0 Å². The predicted octanol–water partition coefficient (Wildman–Crippen LogP) is 0.248. The largest absolute Gasteiger partial charge is 0.550 e. The van der Waals surface area contributed by atoms with Crippen LogP contribution in [0.1, 0.15) is 38.5 Å². The number of hydrogen-bond donors (Lipinski definition) is 0. The number of carbonyl (C=O) groups excluding carboxylic acids is 2. The van der Waals surface area contributed by atoms with Gasteiger partial charge in [0.15, 0.2) is 0 Å². The van der Waals surface area contributed by atoms with Crippen molar-refractivity contribution < 1.29 is 19.4 Å². The molecule has 0 aromatic rings. The van der Waals surface area contributed by atoms with Gasteiger partial charge in [-0.3, -0.25) is 4.79 Å². The van der Waals surface area contributed by atoms with Crippen molar-refractivity contribution in [2.24, 2.45) is 11.8 Å². The van der Waals surface area contributed by atoms with Crippen LogP contribution in [0.3, 0.4) is 0 Å².